The molecule has 2 atom stereocenters. The van der Waals surface area contributed by atoms with Crippen LogP contribution < -0.4 is 5.32 Å². The van der Waals surface area contributed by atoms with Gasteiger partial charge in [0.2, 0.25) is 5.91 Å². The molecule has 20 heavy (non-hydrogen) atoms. The number of aryl methyl sites for hydroxylation is 1. The van der Waals surface area contributed by atoms with Crippen molar-refractivity contribution in [2.75, 3.05) is 5.32 Å². The normalized spacial score (nSPS) is 38.8. The second kappa shape index (κ2) is 4.34. The first-order valence-corrected chi connectivity index (χ1v) is 7.88. The van der Waals surface area contributed by atoms with Crippen LogP contribution in [-0.2, 0) is 4.79 Å². The summed E-state index contributed by atoms with van der Waals surface area (Å²) in [7, 11) is 0. The summed E-state index contributed by atoms with van der Waals surface area (Å²) in [6.45, 7) is 1.85. The lowest BCUT2D eigenvalue weighted by molar-refractivity contribution is -0.132. The van der Waals surface area contributed by atoms with Gasteiger partial charge >= 0.3 is 0 Å². The molecule has 4 nitrogen and oxygen atoms in total. The highest BCUT2D eigenvalue weighted by atomic mass is 16.5. The first-order valence-electron chi connectivity index (χ1n) is 7.88. The third kappa shape index (κ3) is 1.97. The molecule has 4 saturated carbocycles. The van der Waals surface area contributed by atoms with Crippen LogP contribution in [-0.4, -0.2) is 11.1 Å². The topological polar surface area (TPSA) is 55.1 Å². The molecule has 1 heterocycles. The molecule has 0 aromatic carbocycles. The van der Waals surface area contributed by atoms with Gasteiger partial charge in [-0.15, -0.1) is 0 Å². The number of rotatable bonds is 2. The maximum absolute atomic E-state index is 12.8. The summed E-state index contributed by atoms with van der Waals surface area (Å²) >= 11 is 0. The maximum atomic E-state index is 12.8. The van der Waals surface area contributed by atoms with Crippen LogP contribution in [0.5, 0.6) is 0 Å². The van der Waals surface area contributed by atoms with Crippen LogP contribution in [0.3, 0.4) is 0 Å². The van der Waals surface area contributed by atoms with Crippen LogP contribution in [0, 0.1) is 30.1 Å². The fraction of sp³-hybridized carbons (Fsp3) is 0.750. The number of carbonyl (C=O) groups excluding carboxylic acids is 1. The molecule has 4 bridgehead atoms. The molecule has 1 amide bonds. The highest BCUT2D eigenvalue weighted by molar-refractivity contribution is 5.94. The third-order valence-corrected chi connectivity index (χ3v) is 5.71. The fourth-order valence-corrected chi connectivity index (χ4v) is 5.14. The Hall–Kier alpha value is -1.32. The number of nitrogens with zero attached hydrogens (tertiary/aromatic N) is 1. The summed E-state index contributed by atoms with van der Waals surface area (Å²) in [6, 6.07) is 1.80. The summed E-state index contributed by atoms with van der Waals surface area (Å²) in [5, 5.41) is 6.90. The molecule has 1 aromatic rings. The number of anilines is 1. The van der Waals surface area contributed by atoms with Gasteiger partial charge in [0.25, 0.3) is 0 Å². The van der Waals surface area contributed by atoms with Gasteiger partial charge in [-0.1, -0.05) is 18.0 Å². The van der Waals surface area contributed by atoms with E-state index in [0.717, 1.165) is 42.8 Å². The number of hydrogen-bond donors (Lipinski definition) is 1. The van der Waals surface area contributed by atoms with Gasteiger partial charge in [-0.05, 0) is 56.8 Å². The maximum Gasteiger partial charge on any atom is 0.231 e. The van der Waals surface area contributed by atoms with Crippen LogP contribution in [0.4, 0.5) is 5.82 Å². The summed E-state index contributed by atoms with van der Waals surface area (Å²) in [5.74, 6) is 3.81. The number of aromatic nitrogens is 1. The lowest BCUT2D eigenvalue weighted by Gasteiger charge is -2.46. The first kappa shape index (κ1) is 12.4. The molecule has 108 valence electrons. The van der Waals surface area contributed by atoms with Crippen LogP contribution in [0.1, 0.15) is 50.7 Å². The molecule has 1 aromatic heterocycles. The number of nitrogens with one attached hydrogen (secondary N) is 1. The summed E-state index contributed by atoms with van der Waals surface area (Å²) in [4.78, 5) is 12.8. The van der Waals surface area contributed by atoms with Crippen molar-refractivity contribution in [3.63, 3.8) is 0 Å². The van der Waals surface area contributed by atoms with Crippen molar-refractivity contribution in [3.05, 3.63) is 11.8 Å². The molecule has 0 radical (unpaired) electrons. The van der Waals surface area contributed by atoms with Gasteiger partial charge in [-0.3, -0.25) is 4.79 Å². The van der Waals surface area contributed by atoms with Crippen molar-refractivity contribution >= 4 is 11.7 Å². The zero-order chi connectivity index (χ0) is 13.7. The predicted octanol–water partition coefficient (Wildman–Crippen LogP) is 3.53. The van der Waals surface area contributed by atoms with Crippen LogP contribution in [0.25, 0.3) is 0 Å². The molecule has 4 aliphatic carbocycles. The number of hydrogen-bond acceptors (Lipinski definition) is 3. The minimum atomic E-state index is -0.125. The van der Waals surface area contributed by atoms with E-state index in [4.69, 9.17) is 4.52 Å². The Bertz CT molecular complexity index is 520. The third-order valence-electron chi connectivity index (χ3n) is 5.71. The smallest absolute Gasteiger partial charge is 0.231 e. The van der Waals surface area contributed by atoms with Gasteiger partial charge < -0.3 is 9.84 Å². The van der Waals surface area contributed by atoms with Gasteiger partial charge in [-0.2, -0.15) is 0 Å². The highest BCUT2D eigenvalue weighted by Crippen LogP contribution is 2.58. The second-order valence-corrected chi connectivity index (χ2v) is 7.32. The van der Waals surface area contributed by atoms with Crippen molar-refractivity contribution in [1.29, 1.82) is 0 Å². The van der Waals surface area contributed by atoms with Crippen molar-refractivity contribution in [2.45, 2.75) is 51.9 Å². The molecular formula is C16H22N2O2. The zero-order valence-corrected chi connectivity index (χ0v) is 12.0. The minimum absolute atomic E-state index is 0.125. The van der Waals surface area contributed by atoms with Crippen LogP contribution in [0.15, 0.2) is 10.6 Å². The lowest BCUT2D eigenvalue weighted by Crippen LogP contribution is -2.46. The Morgan fingerprint density at radius 3 is 2.50 bits per heavy atom. The average Bonchev–Trinajstić information content (AvgIpc) is 2.68. The summed E-state index contributed by atoms with van der Waals surface area (Å²) < 4.78 is 5.04. The Balaban J connectivity index is 1.58. The van der Waals surface area contributed by atoms with Crippen LogP contribution >= 0.6 is 0 Å². The Morgan fingerprint density at radius 2 is 1.90 bits per heavy atom. The largest absolute Gasteiger partial charge is 0.360 e. The summed E-state index contributed by atoms with van der Waals surface area (Å²) in [6.07, 6.45) is 8.63. The van der Waals surface area contributed by atoms with Crippen molar-refractivity contribution in [1.82, 2.24) is 5.16 Å². The Labute approximate surface area is 119 Å². The summed E-state index contributed by atoms with van der Waals surface area (Å²) in [5.41, 5.74) is -0.125. The zero-order valence-electron chi connectivity index (χ0n) is 12.0. The van der Waals surface area contributed by atoms with E-state index in [1.54, 1.807) is 6.07 Å². The fourth-order valence-electron chi connectivity index (χ4n) is 5.14. The number of amides is 1. The minimum Gasteiger partial charge on any atom is -0.360 e. The quantitative estimate of drug-likeness (QED) is 0.897. The standard InChI is InChI=1S/C16H22N2O2/c1-10-4-14(18-20-10)17-15(19)16-7-11-2-3-12(8-16)6-13(5-11)9-16/h4,11-13H,2-3,5-9H2,1H3,(H,17,18,19)/t11-,12-,13?,16?/m0/s1. The number of fused-ring (bicyclic) bond motifs is 1. The van der Waals surface area contributed by atoms with Gasteiger partial charge in [-0.25, -0.2) is 0 Å². The van der Waals surface area contributed by atoms with Gasteiger partial charge in [0.1, 0.15) is 5.76 Å². The molecule has 0 aliphatic heterocycles. The van der Waals surface area contributed by atoms with E-state index in [9.17, 15) is 4.79 Å². The number of carbonyl (C=O) groups is 1. The molecule has 4 heteroatoms. The van der Waals surface area contributed by atoms with Gasteiger partial charge in [0.15, 0.2) is 5.82 Å². The van der Waals surface area contributed by atoms with Crippen molar-refractivity contribution in [3.8, 4) is 0 Å². The molecule has 1 N–H and O–H groups in total. The van der Waals surface area contributed by atoms with E-state index < -0.39 is 0 Å². The molecule has 0 saturated heterocycles. The van der Waals surface area contributed by atoms with E-state index in [1.807, 2.05) is 6.92 Å². The average molecular weight is 274 g/mol. The van der Waals surface area contributed by atoms with E-state index in [0.29, 0.717) is 5.82 Å². The van der Waals surface area contributed by atoms with Gasteiger partial charge in [0, 0.05) is 6.07 Å². The molecule has 4 aliphatic rings. The predicted molar refractivity (Wildman–Crippen MR) is 75.1 cm³/mol. The molecule has 0 unspecified atom stereocenters. The molecule has 5 rings (SSSR count). The Morgan fingerprint density at radius 1 is 1.25 bits per heavy atom. The second-order valence-electron chi connectivity index (χ2n) is 7.32. The SMILES string of the molecule is Cc1cc(NC(=O)C23CC4C[C@H](CC[C@@H](C4)C2)C3)no1. The lowest BCUT2D eigenvalue weighted by atomic mass is 9.58. The van der Waals surface area contributed by atoms with E-state index in [-0.39, 0.29) is 11.3 Å². The van der Waals surface area contributed by atoms with Crippen molar-refractivity contribution < 1.29 is 9.32 Å². The Kier molecular flexibility index (Phi) is 2.69. The van der Waals surface area contributed by atoms with E-state index in [1.165, 1.54) is 25.7 Å². The van der Waals surface area contributed by atoms with Gasteiger partial charge in [0.05, 0.1) is 5.41 Å². The van der Waals surface area contributed by atoms with E-state index in [2.05, 4.69) is 10.5 Å². The molecular weight excluding hydrogens is 252 g/mol. The van der Waals surface area contributed by atoms with E-state index >= 15 is 0 Å². The first-order chi connectivity index (χ1) is 9.63. The monoisotopic (exact) mass is 274 g/mol. The molecule has 4 fully saturated rings. The van der Waals surface area contributed by atoms with Crippen LogP contribution in [0.2, 0.25) is 0 Å². The van der Waals surface area contributed by atoms with Crippen molar-refractivity contribution in [2.24, 2.45) is 23.2 Å². The highest BCUT2D eigenvalue weighted by Gasteiger charge is 2.52. The molecule has 0 spiro atoms.